The van der Waals surface area contributed by atoms with Crippen molar-refractivity contribution in [2.45, 2.75) is 52.4 Å². The number of hydrogen-bond donors (Lipinski definition) is 0. The molecule has 5 aromatic rings. The molecule has 6 rings (SSSR count). The normalized spacial score (nSPS) is 17.5. The minimum absolute atomic E-state index is 0.508. The van der Waals surface area contributed by atoms with E-state index in [2.05, 4.69) is 86.7 Å². The fourth-order valence-corrected chi connectivity index (χ4v) is 7.16. The summed E-state index contributed by atoms with van der Waals surface area (Å²) in [6, 6.07) is 12.0. The Balaban J connectivity index is 1.67. The molecule has 1 fully saturated rings. The molecule has 3 aromatic heterocycles. The van der Waals surface area contributed by atoms with E-state index in [0.717, 1.165) is 0 Å². The third kappa shape index (κ3) is 2.86. The van der Waals surface area contributed by atoms with Crippen LogP contribution in [0.3, 0.4) is 0 Å². The van der Waals surface area contributed by atoms with Gasteiger partial charge in [0.05, 0.1) is 10.9 Å². The number of rotatable bonds is 1. The predicted molar refractivity (Wildman–Crippen MR) is 134 cm³/mol. The lowest BCUT2D eigenvalue weighted by Crippen LogP contribution is -2.24. The summed E-state index contributed by atoms with van der Waals surface area (Å²) in [6.07, 6.45) is 9.74. The lowest BCUT2D eigenvalue weighted by Gasteiger charge is -2.34. The quantitative estimate of drug-likeness (QED) is 0.149. The van der Waals surface area contributed by atoms with Crippen LogP contribution in [0.25, 0.3) is 42.0 Å². The van der Waals surface area contributed by atoms with E-state index in [9.17, 15) is 0 Å². The monoisotopic (exact) mass is 427 g/mol. The molecule has 0 saturated heterocycles. The molecule has 1 aliphatic carbocycles. The number of aromatic nitrogens is 2. The maximum absolute atomic E-state index is 2.52. The third-order valence-corrected chi connectivity index (χ3v) is 8.99. The summed E-state index contributed by atoms with van der Waals surface area (Å²) in [5.74, 6) is 0.699. The highest BCUT2D eigenvalue weighted by molar-refractivity contribution is 7.25. The van der Waals surface area contributed by atoms with Crippen molar-refractivity contribution < 1.29 is 4.57 Å². The van der Waals surface area contributed by atoms with Gasteiger partial charge in [-0.15, -0.1) is 11.3 Å². The average molecular weight is 428 g/mol. The van der Waals surface area contributed by atoms with Gasteiger partial charge in [-0.3, -0.25) is 0 Å². The average Bonchev–Trinajstić information content (AvgIpc) is 3.10. The standard InChI is InChI=1S/C28H31N2S/c1-17-21-9-13-29(4)22(21)16-24-25(17)27-26-19(8-12-30(27)5)14-20(15-23(26)31-24)18-6-10-28(2,3)11-7-18/h8-9,12-16,18H,6-7,10-11H2,1-5H3/q+1. The molecule has 0 bridgehead atoms. The van der Waals surface area contributed by atoms with Crippen molar-refractivity contribution in [2.24, 2.45) is 19.5 Å². The Morgan fingerprint density at radius 3 is 2.55 bits per heavy atom. The Hall–Kier alpha value is -2.39. The van der Waals surface area contributed by atoms with E-state index in [4.69, 9.17) is 0 Å². The molecule has 31 heavy (non-hydrogen) atoms. The van der Waals surface area contributed by atoms with E-state index in [1.807, 2.05) is 11.3 Å². The summed E-state index contributed by atoms with van der Waals surface area (Å²) < 4.78 is 7.40. The molecule has 0 amide bonds. The smallest absolute Gasteiger partial charge is 0.214 e. The van der Waals surface area contributed by atoms with E-state index in [0.29, 0.717) is 11.3 Å². The highest BCUT2D eigenvalue weighted by atomic mass is 32.1. The van der Waals surface area contributed by atoms with Crippen molar-refractivity contribution in [2.75, 3.05) is 0 Å². The second-order valence-corrected chi connectivity index (χ2v) is 11.6. The zero-order valence-electron chi connectivity index (χ0n) is 19.2. The van der Waals surface area contributed by atoms with Crippen molar-refractivity contribution >= 4 is 53.3 Å². The molecule has 3 heterocycles. The minimum Gasteiger partial charge on any atom is -0.350 e. The fraction of sp³-hybridized carbons (Fsp3) is 0.393. The first-order valence-corrected chi connectivity index (χ1v) is 12.4. The summed E-state index contributed by atoms with van der Waals surface area (Å²) in [4.78, 5) is 0. The molecule has 0 spiro atoms. The number of pyridine rings is 1. The summed E-state index contributed by atoms with van der Waals surface area (Å²) in [6.45, 7) is 7.15. The number of aryl methyl sites for hydroxylation is 3. The topological polar surface area (TPSA) is 8.81 Å². The maximum atomic E-state index is 2.52. The van der Waals surface area contributed by atoms with Gasteiger partial charge in [0.2, 0.25) is 5.52 Å². The summed E-state index contributed by atoms with van der Waals surface area (Å²) in [7, 11) is 4.35. The van der Waals surface area contributed by atoms with Gasteiger partial charge in [0.1, 0.15) is 7.05 Å². The van der Waals surface area contributed by atoms with Crippen molar-refractivity contribution in [3.05, 3.63) is 53.9 Å². The number of benzene rings is 2. The lowest BCUT2D eigenvalue weighted by atomic mass is 9.71. The molecule has 3 heteroatoms. The van der Waals surface area contributed by atoms with Crippen LogP contribution in [-0.4, -0.2) is 4.57 Å². The zero-order valence-corrected chi connectivity index (χ0v) is 20.1. The van der Waals surface area contributed by atoms with Crippen LogP contribution in [0.4, 0.5) is 0 Å². The molecule has 0 aliphatic heterocycles. The van der Waals surface area contributed by atoms with E-state index < -0.39 is 0 Å². The van der Waals surface area contributed by atoms with Gasteiger partial charge in [0.25, 0.3) is 0 Å². The fourth-order valence-electron chi connectivity index (χ4n) is 5.88. The van der Waals surface area contributed by atoms with Crippen LogP contribution < -0.4 is 4.57 Å². The Kier molecular flexibility index (Phi) is 4.08. The van der Waals surface area contributed by atoms with E-state index in [1.54, 1.807) is 5.56 Å². The molecule has 2 aromatic carbocycles. The van der Waals surface area contributed by atoms with Crippen molar-refractivity contribution in [1.29, 1.82) is 0 Å². The zero-order chi connectivity index (χ0) is 21.5. The van der Waals surface area contributed by atoms with Gasteiger partial charge in [0.15, 0.2) is 6.20 Å². The first-order chi connectivity index (χ1) is 14.8. The van der Waals surface area contributed by atoms with Gasteiger partial charge in [-0.25, -0.2) is 4.57 Å². The van der Waals surface area contributed by atoms with Crippen LogP contribution in [0.1, 0.15) is 56.6 Å². The Labute approximate surface area is 188 Å². The van der Waals surface area contributed by atoms with Crippen molar-refractivity contribution in [1.82, 2.24) is 4.57 Å². The predicted octanol–water partition coefficient (Wildman–Crippen LogP) is 7.52. The van der Waals surface area contributed by atoms with Gasteiger partial charge in [-0.1, -0.05) is 19.9 Å². The SMILES string of the molecule is Cc1c2cc[n+](C)c2cc2sc3cc(C4CCC(C)(C)CC4)cc4ccn(C)c(c12)c43. The van der Waals surface area contributed by atoms with E-state index in [-0.39, 0.29) is 0 Å². The Morgan fingerprint density at radius 1 is 1.03 bits per heavy atom. The molecule has 0 N–H and O–H groups in total. The highest BCUT2D eigenvalue weighted by Crippen LogP contribution is 2.46. The first-order valence-electron chi connectivity index (χ1n) is 11.6. The summed E-state index contributed by atoms with van der Waals surface area (Å²) >= 11 is 1.98. The molecule has 1 aliphatic rings. The van der Waals surface area contributed by atoms with Gasteiger partial charge >= 0.3 is 0 Å². The van der Waals surface area contributed by atoms with Gasteiger partial charge in [0, 0.05) is 45.5 Å². The van der Waals surface area contributed by atoms with Crippen LogP contribution in [-0.2, 0) is 14.1 Å². The molecular formula is C28H31N2S+. The van der Waals surface area contributed by atoms with Crippen molar-refractivity contribution in [3.8, 4) is 0 Å². The molecular weight excluding hydrogens is 396 g/mol. The van der Waals surface area contributed by atoms with Gasteiger partial charge < -0.3 is 4.57 Å². The minimum atomic E-state index is 0.508. The molecule has 0 unspecified atom stereocenters. The number of fused-ring (bicyclic) bond motifs is 3. The third-order valence-electron chi connectivity index (χ3n) is 7.90. The number of nitrogens with zero attached hydrogens (tertiary/aromatic N) is 2. The molecule has 0 radical (unpaired) electrons. The van der Waals surface area contributed by atoms with E-state index in [1.165, 1.54) is 73.2 Å². The second kappa shape index (κ2) is 6.56. The lowest BCUT2D eigenvalue weighted by molar-refractivity contribution is -0.642. The Bertz CT molecular complexity index is 1490. The van der Waals surface area contributed by atoms with Crippen molar-refractivity contribution in [3.63, 3.8) is 0 Å². The molecule has 2 nitrogen and oxygen atoms in total. The van der Waals surface area contributed by atoms with Crippen LogP contribution in [0.15, 0.2) is 42.7 Å². The highest BCUT2D eigenvalue weighted by Gasteiger charge is 2.28. The molecule has 1 saturated carbocycles. The number of hydrogen-bond acceptors (Lipinski definition) is 1. The van der Waals surface area contributed by atoms with E-state index >= 15 is 0 Å². The largest absolute Gasteiger partial charge is 0.350 e. The van der Waals surface area contributed by atoms with Crippen LogP contribution in [0.2, 0.25) is 0 Å². The van der Waals surface area contributed by atoms with Gasteiger partial charge in [-0.2, -0.15) is 0 Å². The molecule has 158 valence electrons. The van der Waals surface area contributed by atoms with Crippen LogP contribution in [0, 0.1) is 12.3 Å². The Morgan fingerprint density at radius 2 is 1.77 bits per heavy atom. The molecule has 0 atom stereocenters. The van der Waals surface area contributed by atoms with Crippen LogP contribution >= 0.6 is 11.3 Å². The summed E-state index contributed by atoms with van der Waals surface area (Å²) in [5, 5.41) is 5.61. The second-order valence-electron chi connectivity index (χ2n) is 10.5. The van der Waals surface area contributed by atoms with Gasteiger partial charge in [-0.05, 0) is 72.6 Å². The van der Waals surface area contributed by atoms with Crippen LogP contribution in [0.5, 0.6) is 0 Å². The first kappa shape index (κ1) is 19.3. The summed E-state index contributed by atoms with van der Waals surface area (Å²) in [5.41, 5.74) is 6.15. The maximum Gasteiger partial charge on any atom is 0.214 e.